The van der Waals surface area contributed by atoms with Crippen molar-refractivity contribution in [2.24, 2.45) is 5.92 Å². The lowest BCUT2D eigenvalue weighted by Crippen LogP contribution is -2.41. The number of hydrogen-bond acceptors (Lipinski definition) is 4. The van der Waals surface area contributed by atoms with Gasteiger partial charge in [-0.2, -0.15) is 0 Å². The maximum atomic E-state index is 12.1. The van der Waals surface area contributed by atoms with Crippen molar-refractivity contribution in [1.29, 1.82) is 0 Å². The topological polar surface area (TPSA) is 55.8 Å². The van der Waals surface area contributed by atoms with Gasteiger partial charge in [0, 0.05) is 35.0 Å². The van der Waals surface area contributed by atoms with Crippen LogP contribution < -0.4 is 4.74 Å². The Labute approximate surface area is 159 Å². The van der Waals surface area contributed by atoms with Crippen molar-refractivity contribution in [2.75, 3.05) is 26.0 Å². The molecule has 1 aliphatic heterocycles. The second-order valence-corrected chi connectivity index (χ2v) is 9.21. The summed E-state index contributed by atoms with van der Waals surface area (Å²) in [6.45, 7) is 7.92. The number of hydrogen-bond donors (Lipinski definition) is 0. The standard InChI is InChI=1S/C20H31NO4S/c1-20(2,3)25-19(22)21-13-11-16(12-14-21)6-5-15-24-17-7-9-18(10-8-17)26(4)23/h7-10,16H,5-6,11-15H2,1-4H3. The van der Waals surface area contributed by atoms with Crippen LogP contribution in [0.25, 0.3) is 0 Å². The van der Waals surface area contributed by atoms with Crippen molar-refractivity contribution in [3.05, 3.63) is 24.3 Å². The van der Waals surface area contributed by atoms with Gasteiger partial charge in [0.15, 0.2) is 0 Å². The Kier molecular flexibility index (Phi) is 7.50. The van der Waals surface area contributed by atoms with Crippen molar-refractivity contribution < 1.29 is 18.5 Å². The van der Waals surface area contributed by atoms with E-state index < -0.39 is 16.4 Å². The molecule has 0 saturated carbocycles. The third-order valence-corrected chi connectivity index (χ3v) is 5.38. The fraction of sp³-hybridized carbons (Fsp3) is 0.650. The molecule has 1 amide bonds. The summed E-state index contributed by atoms with van der Waals surface area (Å²) in [6, 6.07) is 7.43. The fourth-order valence-corrected chi connectivity index (χ4v) is 3.54. The highest BCUT2D eigenvalue weighted by Crippen LogP contribution is 2.23. The van der Waals surface area contributed by atoms with Gasteiger partial charge in [-0.25, -0.2) is 4.79 Å². The van der Waals surface area contributed by atoms with Crippen molar-refractivity contribution in [3.63, 3.8) is 0 Å². The van der Waals surface area contributed by atoms with Gasteiger partial charge >= 0.3 is 6.09 Å². The lowest BCUT2D eigenvalue weighted by Gasteiger charge is -2.33. The summed E-state index contributed by atoms with van der Waals surface area (Å²) in [5, 5.41) is 0. The molecule has 1 fully saturated rings. The summed E-state index contributed by atoms with van der Waals surface area (Å²) >= 11 is 0. The van der Waals surface area contributed by atoms with Gasteiger partial charge in [0.25, 0.3) is 0 Å². The third kappa shape index (κ3) is 6.98. The average Bonchev–Trinajstić information content (AvgIpc) is 2.58. The van der Waals surface area contributed by atoms with Crippen molar-refractivity contribution >= 4 is 16.9 Å². The van der Waals surface area contributed by atoms with Gasteiger partial charge in [0.1, 0.15) is 11.4 Å². The van der Waals surface area contributed by atoms with Crippen LogP contribution in [0.4, 0.5) is 4.79 Å². The van der Waals surface area contributed by atoms with Crippen molar-refractivity contribution in [3.8, 4) is 5.75 Å². The van der Waals surface area contributed by atoms with E-state index in [1.165, 1.54) is 0 Å². The Morgan fingerprint density at radius 1 is 1.19 bits per heavy atom. The Hall–Kier alpha value is -1.56. The van der Waals surface area contributed by atoms with E-state index in [9.17, 15) is 9.00 Å². The molecule has 1 aliphatic rings. The molecule has 1 aromatic carbocycles. The van der Waals surface area contributed by atoms with Gasteiger partial charge in [0.2, 0.25) is 0 Å². The van der Waals surface area contributed by atoms with Crippen LogP contribution in [0.5, 0.6) is 5.75 Å². The predicted molar refractivity (Wildman–Crippen MR) is 104 cm³/mol. The molecule has 0 aromatic heterocycles. The maximum absolute atomic E-state index is 12.1. The molecule has 5 nitrogen and oxygen atoms in total. The van der Waals surface area contributed by atoms with Gasteiger partial charge < -0.3 is 14.4 Å². The van der Waals surface area contributed by atoms with Crippen LogP contribution in [0.3, 0.4) is 0 Å². The first-order valence-electron chi connectivity index (χ1n) is 9.29. The minimum Gasteiger partial charge on any atom is -0.494 e. The van der Waals surface area contributed by atoms with Crippen LogP contribution in [0.2, 0.25) is 0 Å². The van der Waals surface area contributed by atoms with E-state index in [2.05, 4.69) is 0 Å². The lowest BCUT2D eigenvalue weighted by atomic mass is 9.92. The zero-order chi connectivity index (χ0) is 19.2. The molecule has 1 aromatic rings. The molecule has 0 radical (unpaired) electrons. The van der Waals surface area contributed by atoms with Gasteiger partial charge in [-0.15, -0.1) is 0 Å². The first-order chi connectivity index (χ1) is 12.2. The van der Waals surface area contributed by atoms with Gasteiger partial charge in [-0.05, 0) is 76.6 Å². The Morgan fingerprint density at radius 2 is 1.81 bits per heavy atom. The van der Waals surface area contributed by atoms with Crippen LogP contribution in [0.15, 0.2) is 29.2 Å². The molecule has 1 heterocycles. The lowest BCUT2D eigenvalue weighted by molar-refractivity contribution is 0.0179. The van der Waals surface area contributed by atoms with Crippen LogP contribution in [0, 0.1) is 5.92 Å². The van der Waals surface area contributed by atoms with Crippen molar-refractivity contribution in [1.82, 2.24) is 4.90 Å². The molecule has 2 rings (SSSR count). The van der Waals surface area contributed by atoms with E-state index in [-0.39, 0.29) is 6.09 Å². The zero-order valence-electron chi connectivity index (χ0n) is 16.3. The summed E-state index contributed by atoms with van der Waals surface area (Å²) in [5.74, 6) is 1.46. The number of ether oxygens (including phenoxy) is 2. The molecule has 0 spiro atoms. The van der Waals surface area contributed by atoms with Crippen LogP contribution in [0.1, 0.15) is 46.5 Å². The summed E-state index contributed by atoms with van der Waals surface area (Å²) in [5.41, 5.74) is -0.435. The van der Waals surface area contributed by atoms with Crippen LogP contribution >= 0.6 is 0 Å². The first kappa shape index (κ1) is 20.7. The molecule has 146 valence electrons. The molecule has 0 N–H and O–H groups in total. The largest absolute Gasteiger partial charge is 0.494 e. The van der Waals surface area contributed by atoms with E-state index in [0.717, 1.165) is 49.4 Å². The summed E-state index contributed by atoms with van der Waals surface area (Å²) in [7, 11) is -0.953. The number of carbonyl (C=O) groups excluding carboxylic acids is 1. The number of benzene rings is 1. The van der Waals surface area contributed by atoms with E-state index in [0.29, 0.717) is 12.5 Å². The van der Waals surface area contributed by atoms with E-state index in [4.69, 9.17) is 9.47 Å². The smallest absolute Gasteiger partial charge is 0.410 e. The SMILES string of the molecule is CS(=O)c1ccc(OCCCC2CCN(C(=O)OC(C)(C)C)CC2)cc1. The van der Waals surface area contributed by atoms with Gasteiger partial charge in [-0.3, -0.25) is 4.21 Å². The Morgan fingerprint density at radius 3 is 2.35 bits per heavy atom. The minimum atomic E-state index is -0.953. The monoisotopic (exact) mass is 381 g/mol. The number of rotatable bonds is 6. The molecule has 0 bridgehead atoms. The van der Waals surface area contributed by atoms with E-state index in [1.807, 2.05) is 49.9 Å². The predicted octanol–water partition coefficient (Wildman–Crippen LogP) is 4.23. The quantitative estimate of drug-likeness (QED) is 0.692. The average molecular weight is 382 g/mol. The molecule has 1 unspecified atom stereocenters. The second kappa shape index (κ2) is 9.40. The van der Waals surface area contributed by atoms with Gasteiger partial charge in [0.05, 0.1) is 6.61 Å². The molecule has 26 heavy (non-hydrogen) atoms. The molecular weight excluding hydrogens is 350 g/mol. The fourth-order valence-electron chi connectivity index (χ4n) is 3.02. The number of carbonyl (C=O) groups is 1. The normalized spacial score (nSPS) is 17.0. The molecular formula is C20H31NO4S. The Balaban J connectivity index is 1.63. The highest BCUT2D eigenvalue weighted by Gasteiger charge is 2.26. The maximum Gasteiger partial charge on any atom is 0.410 e. The van der Waals surface area contributed by atoms with Crippen molar-refractivity contribution in [2.45, 2.75) is 57.0 Å². The molecule has 1 atom stereocenters. The molecule has 0 aliphatic carbocycles. The zero-order valence-corrected chi connectivity index (χ0v) is 17.1. The number of amides is 1. The van der Waals surface area contributed by atoms with Crippen LogP contribution in [-0.2, 0) is 15.5 Å². The summed E-state index contributed by atoms with van der Waals surface area (Å²) in [6.07, 6.45) is 5.63. The Bertz CT molecular complexity index is 601. The molecule has 1 saturated heterocycles. The van der Waals surface area contributed by atoms with E-state index in [1.54, 1.807) is 6.26 Å². The molecule has 6 heteroatoms. The highest BCUT2D eigenvalue weighted by atomic mass is 32.2. The number of likely N-dealkylation sites (tertiary alicyclic amines) is 1. The summed E-state index contributed by atoms with van der Waals surface area (Å²) < 4.78 is 22.6. The number of piperidine rings is 1. The second-order valence-electron chi connectivity index (χ2n) is 7.83. The third-order valence-electron chi connectivity index (χ3n) is 4.45. The van der Waals surface area contributed by atoms with E-state index >= 15 is 0 Å². The van der Waals surface area contributed by atoms with Gasteiger partial charge in [-0.1, -0.05) is 0 Å². The number of nitrogens with zero attached hydrogens (tertiary/aromatic N) is 1. The first-order valence-corrected chi connectivity index (χ1v) is 10.8. The van der Waals surface area contributed by atoms with Crippen LogP contribution in [-0.4, -0.2) is 46.8 Å². The minimum absolute atomic E-state index is 0.198. The summed E-state index contributed by atoms with van der Waals surface area (Å²) in [4.78, 5) is 14.7. The highest BCUT2D eigenvalue weighted by molar-refractivity contribution is 7.84.